The number of hydrogen-bond acceptors (Lipinski definition) is 5. The van der Waals surface area contributed by atoms with E-state index in [2.05, 4.69) is 5.32 Å². The lowest BCUT2D eigenvalue weighted by atomic mass is 9.83. The second-order valence-electron chi connectivity index (χ2n) is 8.29. The second kappa shape index (κ2) is 10.4. The van der Waals surface area contributed by atoms with Crippen LogP contribution in [0.5, 0.6) is 0 Å². The van der Waals surface area contributed by atoms with Crippen molar-refractivity contribution in [2.24, 2.45) is 5.92 Å². The van der Waals surface area contributed by atoms with Crippen molar-refractivity contribution < 1.29 is 23.9 Å². The van der Waals surface area contributed by atoms with E-state index in [0.717, 1.165) is 24.8 Å². The van der Waals surface area contributed by atoms with E-state index < -0.39 is 17.7 Å². The average Bonchev–Trinajstić information content (AvgIpc) is 2.62. The molecule has 0 spiro atoms. The fourth-order valence-corrected chi connectivity index (χ4v) is 3.25. The molecule has 6 heteroatoms. The Morgan fingerprint density at radius 1 is 1.18 bits per heavy atom. The molecule has 1 N–H and O–H groups in total. The van der Waals surface area contributed by atoms with Gasteiger partial charge in [0.05, 0.1) is 12.6 Å². The Kier molecular flexibility index (Phi) is 8.18. The highest BCUT2D eigenvalue weighted by molar-refractivity contribution is 5.89. The Morgan fingerprint density at radius 2 is 1.89 bits per heavy atom. The number of benzene rings is 1. The lowest BCUT2D eigenvalue weighted by molar-refractivity contribution is -0.128. The molecular weight excluding hydrogens is 358 g/mol. The van der Waals surface area contributed by atoms with Gasteiger partial charge >= 0.3 is 6.09 Å². The van der Waals surface area contributed by atoms with Crippen LogP contribution in [-0.2, 0) is 25.7 Å². The lowest BCUT2D eigenvalue weighted by Gasteiger charge is -2.27. The van der Waals surface area contributed by atoms with Crippen LogP contribution < -0.4 is 5.32 Å². The highest BCUT2D eigenvalue weighted by atomic mass is 16.6. The molecule has 0 radical (unpaired) electrons. The van der Waals surface area contributed by atoms with Crippen LogP contribution in [0.4, 0.5) is 4.79 Å². The molecule has 154 valence electrons. The molecule has 0 aliphatic heterocycles. The summed E-state index contributed by atoms with van der Waals surface area (Å²) in [5.41, 5.74) is 0.303. The van der Waals surface area contributed by atoms with Crippen LogP contribution in [0, 0.1) is 5.92 Å². The van der Waals surface area contributed by atoms with Crippen LogP contribution in [0.25, 0.3) is 0 Å². The third kappa shape index (κ3) is 7.80. The summed E-state index contributed by atoms with van der Waals surface area (Å²) in [6.07, 6.45) is 2.80. The van der Waals surface area contributed by atoms with Crippen molar-refractivity contribution in [1.29, 1.82) is 0 Å². The van der Waals surface area contributed by atoms with Crippen molar-refractivity contribution >= 4 is 17.7 Å². The zero-order chi connectivity index (χ0) is 20.6. The minimum atomic E-state index is -0.794. The Bertz CT molecular complexity index is 665. The molecule has 1 aromatic carbocycles. The van der Waals surface area contributed by atoms with Gasteiger partial charge in [-0.1, -0.05) is 36.8 Å². The first-order chi connectivity index (χ1) is 13.2. The van der Waals surface area contributed by atoms with Gasteiger partial charge in [-0.15, -0.1) is 0 Å². The van der Waals surface area contributed by atoms with E-state index in [4.69, 9.17) is 9.47 Å². The number of amides is 1. The largest absolute Gasteiger partial charge is 0.444 e. The average molecular weight is 389 g/mol. The third-order valence-electron chi connectivity index (χ3n) is 4.64. The number of ether oxygens (including phenoxy) is 2. The fraction of sp³-hybridized carbons (Fsp3) is 0.591. The fourth-order valence-electron chi connectivity index (χ4n) is 3.25. The summed E-state index contributed by atoms with van der Waals surface area (Å²) in [6.45, 7) is 5.47. The number of Topliss-reactive ketones (excluding diaryl/α,β-unsaturated/α-hetero) is 2. The van der Waals surface area contributed by atoms with Gasteiger partial charge in [0.2, 0.25) is 0 Å². The maximum Gasteiger partial charge on any atom is 0.408 e. The van der Waals surface area contributed by atoms with E-state index in [1.54, 1.807) is 20.8 Å². The third-order valence-corrected chi connectivity index (χ3v) is 4.64. The molecule has 0 aromatic heterocycles. The molecule has 6 nitrogen and oxygen atoms in total. The molecule has 28 heavy (non-hydrogen) atoms. The quantitative estimate of drug-likeness (QED) is 0.731. The Hall–Kier alpha value is -2.21. The van der Waals surface area contributed by atoms with Gasteiger partial charge in [-0.3, -0.25) is 9.59 Å². The van der Waals surface area contributed by atoms with Crippen molar-refractivity contribution in [3.8, 4) is 0 Å². The highest BCUT2D eigenvalue weighted by Gasteiger charge is 2.31. The molecule has 0 unspecified atom stereocenters. The van der Waals surface area contributed by atoms with Gasteiger partial charge < -0.3 is 14.8 Å². The number of ketones is 2. The molecule has 2 atom stereocenters. The van der Waals surface area contributed by atoms with E-state index in [1.165, 1.54) is 0 Å². The summed E-state index contributed by atoms with van der Waals surface area (Å²) in [6, 6.07) is 8.77. The molecule has 1 aliphatic carbocycles. The van der Waals surface area contributed by atoms with Crippen molar-refractivity contribution in [2.75, 3.05) is 6.61 Å². The molecule has 0 bridgehead atoms. The van der Waals surface area contributed by atoms with E-state index in [9.17, 15) is 14.4 Å². The Morgan fingerprint density at radius 3 is 2.54 bits per heavy atom. The van der Waals surface area contributed by atoms with E-state index in [0.29, 0.717) is 19.4 Å². The first kappa shape index (κ1) is 22.1. The van der Waals surface area contributed by atoms with Crippen LogP contribution in [0.2, 0.25) is 0 Å². The molecular formula is C22H31NO5. The molecule has 0 saturated heterocycles. The van der Waals surface area contributed by atoms with Crippen LogP contribution in [0.15, 0.2) is 30.3 Å². The van der Waals surface area contributed by atoms with Crippen molar-refractivity contribution in [3.05, 3.63) is 35.9 Å². The van der Waals surface area contributed by atoms with Gasteiger partial charge in [-0.2, -0.15) is 0 Å². The van der Waals surface area contributed by atoms with Gasteiger partial charge in [-0.05, 0) is 45.6 Å². The molecule has 1 amide bonds. The molecule has 1 saturated carbocycles. The standard InChI is InChI=1S/C22H31NO5/c1-22(2,3)28-21(26)23-18(13-17-11-7-8-12-19(17)24)20(25)15-27-14-16-9-5-4-6-10-16/h4-6,9-10,17-18H,7-8,11-15H2,1-3H3,(H,23,26)/t17-,18-/m0/s1. The maximum atomic E-state index is 12.7. The first-order valence-corrected chi connectivity index (χ1v) is 9.91. The van der Waals surface area contributed by atoms with Gasteiger partial charge in [0.1, 0.15) is 18.0 Å². The smallest absolute Gasteiger partial charge is 0.408 e. The number of carbonyl (C=O) groups excluding carboxylic acids is 3. The molecule has 1 aromatic rings. The van der Waals surface area contributed by atoms with Gasteiger partial charge in [0.15, 0.2) is 5.78 Å². The first-order valence-electron chi connectivity index (χ1n) is 9.91. The number of hydrogen-bond donors (Lipinski definition) is 1. The van der Waals surface area contributed by atoms with Crippen molar-refractivity contribution in [1.82, 2.24) is 5.32 Å². The summed E-state index contributed by atoms with van der Waals surface area (Å²) in [5, 5.41) is 2.65. The highest BCUT2D eigenvalue weighted by Crippen LogP contribution is 2.25. The van der Waals surface area contributed by atoms with Crippen molar-refractivity contribution in [3.63, 3.8) is 0 Å². The van der Waals surface area contributed by atoms with Gasteiger partial charge in [-0.25, -0.2) is 4.79 Å². The Labute approximate surface area is 167 Å². The summed E-state index contributed by atoms with van der Waals surface area (Å²) < 4.78 is 10.8. The molecule has 1 aliphatic rings. The molecule has 1 fully saturated rings. The molecule has 2 rings (SSSR count). The number of carbonyl (C=O) groups is 3. The number of nitrogens with one attached hydrogen (secondary N) is 1. The van der Waals surface area contributed by atoms with E-state index in [1.807, 2.05) is 30.3 Å². The van der Waals surface area contributed by atoms with Crippen LogP contribution in [-0.4, -0.2) is 35.9 Å². The predicted molar refractivity (Wildman–Crippen MR) is 106 cm³/mol. The predicted octanol–water partition coefficient (Wildman–Crippen LogP) is 3.82. The number of alkyl carbamates (subject to hydrolysis) is 1. The van der Waals surface area contributed by atoms with Crippen LogP contribution >= 0.6 is 0 Å². The van der Waals surface area contributed by atoms with E-state index in [-0.39, 0.29) is 24.1 Å². The van der Waals surface area contributed by atoms with E-state index >= 15 is 0 Å². The monoisotopic (exact) mass is 389 g/mol. The van der Waals surface area contributed by atoms with Gasteiger partial charge in [0.25, 0.3) is 0 Å². The summed E-state index contributed by atoms with van der Waals surface area (Å²) in [7, 11) is 0. The normalized spacial score (nSPS) is 18.4. The zero-order valence-corrected chi connectivity index (χ0v) is 17.0. The lowest BCUT2D eigenvalue weighted by Crippen LogP contribution is -2.46. The maximum absolute atomic E-state index is 12.7. The second-order valence-corrected chi connectivity index (χ2v) is 8.29. The topological polar surface area (TPSA) is 81.7 Å². The SMILES string of the molecule is CC(C)(C)OC(=O)N[C@@H](C[C@@H]1CCCCC1=O)C(=O)COCc1ccccc1. The molecule has 0 heterocycles. The van der Waals surface area contributed by atoms with Crippen LogP contribution in [0.1, 0.15) is 58.4 Å². The number of rotatable bonds is 8. The minimum Gasteiger partial charge on any atom is -0.444 e. The summed E-state index contributed by atoms with van der Waals surface area (Å²) in [5.74, 6) is -0.285. The minimum absolute atomic E-state index is 0.129. The van der Waals surface area contributed by atoms with Crippen molar-refractivity contribution in [2.45, 2.75) is 71.1 Å². The summed E-state index contributed by atoms with van der Waals surface area (Å²) in [4.78, 5) is 37.1. The summed E-state index contributed by atoms with van der Waals surface area (Å²) >= 11 is 0. The zero-order valence-electron chi connectivity index (χ0n) is 17.0. The van der Waals surface area contributed by atoms with Crippen LogP contribution in [0.3, 0.4) is 0 Å². The Balaban J connectivity index is 1.95. The van der Waals surface area contributed by atoms with Gasteiger partial charge in [0, 0.05) is 12.3 Å².